The third-order valence-electron chi connectivity index (χ3n) is 3.28. The highest BCUT2D eigenvalue weighted by atomic mass is 16.4. The molecule has 1 aromatic carbocycles. The average Bonchev–Trinajstić information content (AvgIpc) is 2.36. The van der Waals surface area contributed by atoms with Gasteiger partial charge in [0.1, 0.15) is 5.75 Å². The van der Waals surface area contributed by atoms with Gasteiger partial charge in [0.05, 0.1) is 5.56 Å². The molecule has 5 heteroatoms. The fourth-order valence-corrected chi connectivity index (χ4v) is 2.14. The molecular weight excluding hydrogens is 258 g/mol. The van der Waals surface area contributed by atoms with E-state index in [1.807, 2.05) is 13.0 Å². The lowest BCUT2D eigenvalue weighted by Crippen LogP contribution is -2.33. The first-order chi connectivity index (χ1) is 9.43. The number of aromatic hydroxyl groups is 1. The Morgan fingerprint density at radius 3 is 2.55 bits per heavy atom. The molecule has 1 unspecified atom stereocenters. The molecule has 1 atom stereocenters. The summed E-state index contributed by atoms with van der Waals surface area (Å²) in [5, 5.41) is 20.9. The van der Waals surface area contributed by atoms with E-state index in [0.29, 0.717) is 5.56 Å². The van der Waals surface area contributed by atoms with E-state index in [1.54, 1.807) is 12.1 Å². The van der Waals surface area contributed by atoms with Crippen molar-refractivity contribution in [3.8, 4) is 5.75 Å². The first kappa shape index (κ1) is 16.0. The Morgan fingerprint density at radius 1 is 1.35 bits per heavy atom. The van der Waals surface area contributed by atoms with Gasteiger partial charge in [-0.1, -0.05) is 13.0 Å². The largest absolute Gasteiger partial charge is 0.507 e. The van der Waals surface area contributed by atoms with Crippen molar-refractivity contribution >= 4 is 11.9 Å². The van der Waals surface area contributed by atoms with Crippen molar-refractivity contribution in [1.29, 1.82) is 0 Å². The Labute approximate surface area is 118 Å². The van der Waals surface area contributed by atoms with Crippen LogP contribution in [0.5, 0.6) is 5.75 Å². The predicted octanol–water partition coefficient (Wildman–Crippen LogP) is 2.96. The standard InChI is InChI=1S/C15H21NO4/c1-3-12(16-15(19)20)6-4-5-11-7-8-13(10(2)17)14(18)9-11/h7-9,12,16,18H,3-6H2,1-2H3,(H,19,20). The van der Waals surface area contributed by atoms with Gasteiger partial charge in [0.15, 0.2) is 5.78 Å². The lowest BCUT2D eigenvalue weighted by molar-refractivity contribution is 0.101. The number of carboxylic acid groups (broad SMARTS) is 1. The molecule has 0 saturated heterocycles. The van der Waals surface area contributed by atoms with Crippen LogP contribution < -0.4 is 5.32 Å². The number of phenols is 1. The van der Waals surface area contributed by atoms with Gasteiger partial charge in [-0.3, -0.25) is 4.79 Å². The van der Waals surface area contributed by atoms with Gasteiger partial charge in [-0.25, -0.2) is 4.79 Å². The molecule has 0 radical (unpaired) electrons. The topological polar surface area (TPSA) is 86.6 Å². The van der Waals surface area contributed by atoms with Gasteiger partial charge in [-0.05, 0) is 50.3 Å². The summed E-state index contributed by atoms with van der Waals surface area (Å²) in [5.74, 6) is -0.156. The SMILES string of the molecule is CCC(CCCc1ccc(C(C)=O)c(O)c1)NC(=O)O. The summed E-state index contributed by atoms with van der Waals surface area (Å²) in [6.45, 7) is 3.35. The number of nitrogens with one attached hydrogen (secondary N) is 1. The monoisotopic (exact) mass is 279 g/mol. The second-order valence-electron chi connectivity index (χ2n) is 4.85. The first-order valence-corrected chi connectivity index (χ1v) is 6.76. The minimum absolute atomic E-state index is 0.00528. The van der Waals surface area contributed by atoms with Gasteiger partial charge in [-0.15, -0.1) is 0 Å². The quantitative estimate of drug-likeness (QED) is 0.670. The van der Waals surface area contributed by atoms with E-state index in [1.165, 1.54) is 6.92 Å². The minimum atomic E-state index is -1.000. The molecule has 20 heavy (non-hydrogen) atoms. The van der Waals surface area contributed by atoms with E-state index in [-0.39, 0.29) is 17.6 Å². The van der Waals surface area contributed by atoms with Crippen LogP contribution in [-0.2, 0) is 6.42 Å². The Morgan fingerprint density at radius 2 is 2.05 bits per heavy atom. The summed E-state index contributed by atoms with van der Waals surface area (Å²) in [6, 6.07) is 5.00. The molecule has 1 rings (SSSR count). The summed E-state index contributed by atoms with van der Waals surface area (Å²) < 4.78 is 0. The van der Waals surface area contributed by atoms with Gasteiger partial charge >= 0.3 is 6.09 Å². The zero-order valence-corrected chi connectivity index (χ0v) is 11.8. The van der Waals surface area contributed by atoms with E-state index in [0.717, 1.165) is 31.2 Å². The Kier molecular flexibility index (Phi) is 6.03. The molecule has 0 fully saturated rings. The molecular formula is C15H21NO4. The third-order valence-corrected chi connectivity index (χ3v) is 3.28. The fourth-order valence-electron chi connectivity index (χ4n) is 2.14. The van der Waals surface area contributed by atoms with E-state index in [9.17, 15) is 14.7 Å². The number of benzene rings is 1. The highest BCUT2D eigenvalue weighted by molar-refractivity contribution is 5.96. The van der Waals surface area contributed by atoms with E-state index >= 15 is 0 Å². The number of ketones is 1. The molecule has 3 N–H and O–H groups in total. The van der Waals surface area contributed by atoms with Crippen LogP contribution in [0.1, 0.15) is 49.0 Å². The molecule has 0 spiro atoms. The predicted molar refractivity (Wildman–Crippen MR) is 76.3 cm³/mol. The summed E-state index contributed by atoms with van der Waals surface area (Å²) in [7, 11) is 0. The summed E-state index contributed by atoms with van der Waals surface area (Å²) in [4.78, 5) is 21.8. The van der Waals surface area contributed by atoms with Crippen molar-refractivity contribution in [1.82, 2.24) is 5.32 Å². The third kappa shape index (κ3) is 4.91. The average molecular weight is 279 g/mol. The van der Waals surface area contributed by atoms with Crippen molar-refractivity contribution in [2.75, 3.05) is 0 Å². The maximum absolute atomic E-state index is 11.2. The zero-order valence-electron chi connectivity index (χ0n) is 11.8. The van der Waals surface area contributed by atoms with Crippen LogP contribution in [0.15, 0.2) is 18.2 Å². The Balaban J connectivity index is 2.51. The normalized spacial score (nSPS) is 11.9. The van der Waals surface area contributed by atoms with Crippen LogP contribution in [0.4, 0.5) is 4.79 Å². The van der Waals surface area contributed by atoms with Crippen LogP contribution in [0, 0.1) is 0 Å². The van der Waals surface area contributed by atoms with Gasteiger partial charge in [0.25, 0.3) is 0 Å². The summed E-state index contributed by atoms with van der Waals surface area (Å²) >= 11 is 0. The first-order valence-electron chi connectivity index (χ1n) is 6.76. The molecule has 1 aromatic rings. The molecule has 0 saturated carbocycles. The van der Waals surface area contributed by atoms with E-state index < -0.39 is 6.09 Å². The number of carbonyl (C=O) groups excluding carboxylic acids is 1. The number of carbonyl (C=O) groups is 2. The summed E-state index contributed by atoms with van der Waals surface area (Å²) in [6.07, 6.45) is 2.06. The highest BCUT2D eigenvalue weighted by Crippen LogP contribution is 2.20. The molecule has 0 heterocycles. The van der Waals surface area contributed by atoms with Crippen molar-refractivity contribution in [2.45, 2.75) is 45.6 Å². The van der Waals surface area contributed by atoms with Crippen LogP contribution in [0.2, 0.25) is 0 Å². The van der Waals surface area contributed by atoms with Crippen molar-refractivity contribution < 1.29 is 19.8 Å². The van der Waals surface area contributed by atoms with Crippen LogP contribution >= 0.6 is 0 Å². The number of rotatable bonds is 7. The molecule has 0 bridgehead atoms. The minimum Gasteiger partial charge on any atom is -0.507 e. The number of hydrogen-bond acceptors (Lipinski definition) is 3. The van der Waals surface area contributed by atoms with Crippen LogP contribution in [0.3, 0.4) is 0 Å². The van der Waals surface area contributed by atoms with E-state index in [2.05, 4.69) is 5.32 Å². The number of Topliss-reactive ketones (excluding diaryl/α,β-unsaturated/α-hetero) is 1. The number of phenolic OH excluding ortho intramolecular Hbond substituents is 1. The maximum atomic E-state index is 11.2. The number of hydrogen-bond donors (Lipinski definition) is 3. The van der Waals surface area contributed by atoms with Crippen molar-refractivity contribution in [3.63, 3.8) is 0 Å². The van der Waals surface area contributed by atoms with Gasteiger partial charge in [0.2, 0.25) is 0 Å². The fraction of sp³-hybridized carbons (Fsp3) is 0.467. The second kappa shape index (κ2) is 7.53. The molecule has 0 aromatic heterocycles. The maximum Gasteiger partial charge on any atom is 0.404 e. The van der Waals surface area contributed by atoms with Gasteiger partial charge in [-0.2, -0.15) is 0 Å². The Bertz CT molecular complexity index is 485. The lowest BCUT2D eigenvalue weighted by atomic mass is 10.0. The lowest BCUT2D eigenvalue weighted by Gasteiger charge is -2.14. The molecule has 0 aliphatic rings. The molecule has 110 valence electrons. The molecule has 0 aliphatic carbocycles. The van der Waals surface area contributed by atoms with E-state index in [4.69, 9.17) is 5.11 Å². The smallest absolute Gasteiger partial charge is 0.404 e. The molecule has 1 amide bonds. The van der Waals surface area contributed by atoms with Crippen molar-refractivity contribution in [2.24, 2.45) is 0 Å². The highest BCUT2D eigenvalue weighted by Gasteiger charge is 2.10. The molecule has 0 aliphatic heterocycles. The van der Waals surface area contributed by atoms with Gasteiger partial charge < -0.3 is 15.5 Å². The number of amides is 1. The Hall–Kier alpha value is -2.04. The summed E-state index contributed by atoms with van der Waals surface area (Å²) in [5.41, 5.74) is 1.27. The molecule has 5 nitrogen and oxygen atoms in total. The van der Waals surface area contributed by atoms with Crippen LogP contribution in [-0.4, -0.2) is 28.1 Å². The van der Waals surface area contributed by atoms with Crippen molar-refractivity contribution in [3.05, 3.63) is 29.3 Å². The zero-order chi connectivity index (χ0) is 15.1. The van der Waals surface area contributed by atoms with Crippen LogP contribution in [0.25, 0.3) is 0 Å². The second-order valence-corrected chi connectivity index (χ2v) is 4.85. The number of aryl methyl sites for hydroxylation is 1. The van der Waals surface area contributed by atoms with Gasteiger partial charge in [0, 0.05) is 6.04 Å².